The van der Waals surface area contributed by atoms with E-state index >= 15 is 0 Å². The van der Waals surface area contributed by atoms with Gasteiger partial charge in [0.1, 0.15) is 5.69 Å². The number of methoxy groups -OCH3 is 1. The standard InChI is InChI=1S/C14H18N2O3/c1-19-12-5-2-4-11(13(12)16(17)18)15-9-8-14(10-15)6-3-7-14/h2,4-5H,3,6-10H2,1H3. The number of hydrogen-bond donors (Lipinski definition) is 0. The zero-order chi connectivity index (χ0) is 13.5. The van der Waals surface area contributed by atoms with E-state index in [1.165, 1.54) is 26.4 Å². The molecule has 0 N–H and O–H groups in total. The number of hydrogen-bond acceptors (Lipinski definition) is 4. The summed E-state index contributed by atoms with van der Waals surface area (Å²) in [6.45, 7) is 1.86. The fourth-order valence-electron chi connectivity index (χ4n) is 3.34. The van der Waals surface area contributed by atoms with Crippen LogP contribution in [0.2, 0.25) is 0 Å². The molecule has 0 bridgehead atoms. The molecule has 1 aliphatic heterocycles. The number of nitrogens with zero attached hydrogens (tertiary/aromatic N) is 2. The van der Waals surface area contributed by atoms with Crippen molar-refractivity contribution in [3.63, 3.8) is 0 Å². The van der Waals surface area contributed by atoms with E-state index < -0.39 is 0 Å². The van der Waals surface area contributed by atoms with Crippen molar-refractivity contribution in [2.24, 2.45) is 5.41 Å². The van der Waals surface area contributed by atoms with Crippen molar-refractivity contribution in [3.05, 3.63) is 28.3 Å². The summed E-state index contributed by atoms with van der Waals surface area (Å²) in [5.74, 6) is 0.344. The van der Waals surface area contributed by atoms with Crippen LogP contribution in [0.15, 0.2) is 18.2 Å². The lowest BCUT2D eigenvalue weighted by molar-refractivity contribution is -0.385. The molecule has 1 heterocycles. The lowest BCUT2D eigenvalue weighted by Crippen LogP contribution is -2.33. The highest BCUT2D eigenvalue weighted by Gasteiger charge is 2.44. The molecule has 1 saturated heterocycles. The SMILES string of the molecule is COc1cccc(N2CCC3(CCC3)C2)c1[N+](=O)[O-]. The fourth-order valence-corrected chi connectivity index (χ4v) is 3.34. The molecule has 5 nitrogen and oxygen atoms in total. The van der Waals surface area contributed by atoms with Gasteiger partial charge in [-0.25, -0.2) is 0 Å². The van der Waals surface area contributed by atoms with Crippen molar-refractivity contribution in [1.82, 2.24) is 0 Å². The Bertz CT molecular complexity index is 511. The van der Waals surface area contributed by atoms with E-state index in [1.807, 2.05) is 12.1 Å². The Balaban J connectivity index is 1.94. The molecule has 0 unspecified atom stereocenters. The van der Waals surface area contributed by atoms with Gasteiger partial charge in [0.15, 0.2) is 5.75 Å². The minimum atomic E-state index is -0.333. The van der Waals surface area contributed by atoms with Crippen molar-refractivity contribution in [1.29, 1.82) is 0 Å². The van der Waals surface area contributed by atoms with E-state index in [1.54, 1.807) is 6.07 Å². The predicted molar refractivity (Wildman–Crippen MR) is 72.8 cm³/mol. The molecule has 2 aliphatic rings. The molecule has 0 atom stereocenters. The van der Waals surface area contributed by atoms with Crippen LogP contribution in [0.4, 0.5) is 11.4 Å². The Hall–Kier alpha value is -1.78. The van der Waals surface area contributed by atoms with E-state index in [9.17, 15) is 10.1 Å². The van der Waals surface area contributed by atoms with E-state index in [0.717, 1.165) is 19.5 Å². The molecule has 1 aliphatic carbocycles. The third-order valence-corrected chi connectivity index (χ3v) is 4.57. The van der Waals surface area contributed by atoms with E-state index in [2.05, 4.69) is 4.90 Å². The predicted octanol–water partition coefficient (Wildman–Crippen LogP) is 2.98. The van der Waals surface area contributed by atoms with Crippen LogP contribution in [0.5, 0.6) is 5.75 Å². The second kappa shape index (κ2) is 4.40. The van der Waals surface area contributed by atoms with Gasteiger partial charge in [-0.05, 0) is 36.8 Å². The average molecular weight is 262 g/mol. The second-order valence-corrected chi connectivity index (χ2v) is 5.61. The summed E-state index contributed by atoms with van der Waals surface area (Å²) in [4.78, 5) is 13.1. The topological polar surface area (TPSA) is 55.6 Å². The maximum Gasteiger partial charge on any atom is 0.333 e. The average Bonchev–Trinajstić information content (AvgIpc) is 2.82. The van der Waals surface area contributed by atoms with Crippen molar-refractivity contribution in [3.8, 4) is 5.75 Å². The molecule has 2 fully saturated rings. The number of benzene rings is 1. The molecule has 0 aromatic heterocycles. The summed E-state index contributed by atoms with van der Waals surface area (Å²) in [6.07, 6.45) is 4.98. The van der Waals surface area contributed by atoms with Gasteiger partial charge in [0.25, 0.3) is 0 Å². The Labute approximate surface area is 112 Å². The monoisotopic (exact) mass is 262 g/mol. The summed E-state index contributed by atoms with van der Waals surface area (Å²) in [5.41, 5.74) is 1.23. The van der Waals surface area contributed by atoms with Gasteiger partial charge >= 0.3 is 5.69 Å². The maximum absolute atomic E-state index is 11.3. The Morgan fingerprint density at radius 1 is 1.37 bits per heavy atom. The number of nitro groups is 1. The largest absolute Gasteiger partial charge is 0.490 e. The van der Waals surface area contributed by atoms with Crippen LogP contribution in [0.25, 0.3) is 0 Å². The zero-order valence-corrected chi connectivity index (χ0v) is 11.1. The van der Waals surface area contributed by atoms with Crippen molar-refractivity contribution in [2.75, 3.05) is 25.1 Å². The first-order valence-corrected chi connectivity index (χ1v) is 6.72. The molecule has 1 aromatic carbocycles. The summed E-state index contributed by atoms with van der Waals surface area (Å²) in [7, 11) is 1.48. The number of nitro benzene ring substituents is 1. The number of para-hydroxylation sites is 1. The van der Waals surface area contributed by atoms with Gasteiger partial charge in [0.05, 0.1) is 12.0 Å². The minimum Gasteiger partial charge on any atom is -0.490 e. The first-order chi connectivity index (χ1) is 9.15. The third kappa shape index (κ3) is 1.93. The van der Waals surface area contributed by atoms with Crippen molar-refractivity contribution >= 4 is 11.4 Å². The van der Waals surface area contributed by atoms with E-state index in [-0.39, 0.29) is 10.6 Å². The van der Waals surface area contributed by atoms with Gasteiger partial charge in [0, 0.05) is 13.1 Å². The molecule has 1 aromatic rings. The molecule has 1 saturated carbocycles. The smallest absolute Gasteiger partial charge is 0.333 e. The normalized spacial score (nSPS) is 20.4. The lowest BCUT2D eigenvalue weighted by Gasteiger charge is -2.38. The van der Waals surface area contributed by atoms with E-state index in [0.29, 0.717) is 16.9 Å². The van der Waals surface area contributed by atoms with Crippen LogP contribution in [0.3, 0.4) is 0 Å². The highest BCUT2D eigenvalue weighted by molar-refractivity contribution is 5.70. The maximum atomic E-state index is 11.3. The molecule has 5 heteroatoms. The van der Waals surface area contributed by atoms with Crippen LogP contribution in [-0.4, -0.2) is 25.1 Å². The lowest BCUT2D eigenvalue weighted by atomic mass is 9.68. The quantitative estimate of drug-likeness (QED) is 0.620. The molecular weight excluding hydrogens is 244 g/mol. The summed E-state index contributed by atoms with van der Waals surface area (Å²) in [5, 5.41) is 11.3. The molecule has 0 amide bonds. The summed E-state index contributed by atoms with van der Waals surface area (Å²) < 4.78 is 5.13. The Morgan fingerprint density at radius 3 is 2.68 bits per heavy atom. The van der Waals surface area contributed by atoms with Crippen LogP contribution < -0.4 is 9.64 Å². The molecule has 3 rings (SSSR count). The van der Waals surface area contributed by atoms with Crippen LogP contribution in [-0.2, 0) is 0 Å². The highest BCUT2D eigenvalue weighted by atomic mass is 16.6. The van der Waals surface area contributed by atoms with Gasteiger partial charge in [-0.15, -0.1) is 0 Å². The number of rotatable bonds is 3. The van der Waals surface area contributed by atoms with Crippen LogP contribution >= 0.6 is 0 Å². The van der Waals surface area contributed by atoms with Crippen LogP contribution in [0.1, 0.15) is 25.7 Å². The van der Waals surface area contributed by atoms with Gasteiger partial charge in [-0.2, -0.15) is 0 Å². The molecule has 102 valence electrons. The van der Waals surface area contributed by atoms with Gasteiger partial charge in [0.2, 0.25) is 0 Å². The van der Waals surface area contributed by atoms with Crippen molar-refractivity contribution in [2.45, 2.75) is 25.7 Å². The van der Waals surface area contributed by atoms with Crippen LogP contribution in [0, 0.1) is 15.5 Å². The Morgan fingerprint density at radius 2 is 2.16 bits per heavy atom. The molecular formula is C14H18N2O3. The summed E-state index contributed by atoms with van der Waals surface area (Å²) in [6, 6.07) is 5.31. The first-order valence-electron chi connectivity index (χ1n) is 6.72. The number of ether oxygens (including phenoxy) is 1. The Kier molecular flexibility index (Phi) is 2.84. The second-order valence-electron chi connectivity index (χ2n) is 5.61. The number of anilines is 1. The molecule has 1 spiro atoms. The molecule has 19 heavy (non-hydrogen) atoms. The zero-order valence-electron chi connectivity index (χ0n) is 11.1. The first kappa shape index (κ1) is 12.3. The highest BCUT2D eigenvalue weighted by Crippen LogP contribution is 2.50. The van der Waals surface area contributed by atoms with Gasteiger partial charge in [-0.1, -0.05) is 12.5 Å². The van der Waals surface area contributed by atoms with Gasteiger partial charge < -0.3 is 9.64 Å². The molecule has 0 radical (unpaired) electrons. The fraction of sp³-hybridized carbons (Fsp3) is 0.571. The van der Waals surface area contributed by atoms with Crippen molar-refractivity contribution < 1.29 is 9.66 Å². The summed E-state index contributed by atoms with van der Waals surface area (Å²) >= 11 is 0. The van der Waals surface area contributed by atoms with Gasteiger partial charge in [-0.3, -0.25) is 10.1 Å². The third-order valence-electron chi connectivity index (χ3n) is 4.57. The van der Waals surface area contributed by atoms with E-state index in [4.69, 9.17) is 4.74 Å². The minimum absolute atomic E-state index is 0.0985.